The topological polar surface area (TPSA) is 86.8 Å². The molecule has 104 valence electrons. The smallest absolute Gasteiger partial charge is 0.322 e. The number of urea groups is 1. The highest BCUT2D eigenvalue weighted by Gasteiger charge is 2.27. The molecule has 1 saturated heterocycles. The minimum absolute atomic E-state index is 0.233. The van der Waals surface area contributed by atoms with Gasteiger partial charge in [0.1, 0.15) is 5.38 Å². The van der Waals surface area contributed by atoms with Gasteiger partial charge in [-0.05, 0) is 6.92 Å². The molecule has 1 aliphatic heterocycles. The fourth-order valence-corrected chi connectivity index (χ4v) is 2.39. The van der Waals surface area contributed by atoms with E-state index < -0.39 is 27.3 Å². The standard InChI is InChI=1S/C9H16ClN3O4S/c1-7(10)8(14)11-9(15)12-3-5-13(6-4-12)18(2,16)17/h7H,3-6H2,1-2H3,(H,11,14,15). The maximum Gasteiger partial charge on any atom is 0.324 e. The average Bonchev–Trinajstić information content (AvgIpc) is 2.27. The summed E-state index contributed by atoms with van der Waals surface area (Å²) >= 11 is 5.52. The van der Waals surface area contributed by atoms with Crippen LogP contribution in [0, 0.1) is 0 Å². The Balaban J connectivity index is 2.48. The monoisotopic (exact) mass is 297 g/mol. The van der Waals surface area contributed by atoms with Crippen molar-refractivity contribution in [1.29, 1.82) is 0 Å². The van der Waals surface area contributed by atoms with E-state index in [1.165, 1.54) is 16.1 Å². The van der Waals surface area contributed by atoms with Crippen molar-refractivity contribution >= 4 is 33.6 Å². The quantitative estimate of drug-likeness (QED) is 0.691. The van der Waals surface area contributed by atoms with Crippen LogP contribution in [0.3, 0.4) is 0 Å². The number of nitrogens with one attached hydrogen (secondary N) is 1. The van der Waals surface area contributed by atoms with Crippen LogP contribution in [0.4, 0.5) is 4.79 Å². The first kappa shape index (κ1) is 15.2. The lowest BCUT2D eigenvalue weighted by Crippen LogP contribution is -2.54. The third kappa shape index (κ3) is 4.11. The Labute approximate surface area is 111 Å². The van der Waals surface area contributed by atoms with Crippen molar-refractivity contribution < 1.29 is 18.0 Å². The van der Waals surface area contributed by atoms with E-state index in [2.05, 4.69) is 5.32 Å². The summed E-state index contributed by atoms with van der Waals surface area (Å²) in [6.45, 7) is 2.44. The second kappa shape index (κ2) is 5.85. The molecule has 0 saturated carbocycles. The highest BCUT2D eigenvalue weighted by atomic mass is 35.5. The Bertz CT molecular complexity index is 429. The van der Waals surface area contributed by atoms with Crippen molar-refractivity contribution in [2.24, 2.45) is 0 Å². The van der Waals surface area contributed by atoms with E-state index >= 15 is 0 Å². The zero-order chi connectivity index (χ0) is 13.9. The molecule has 0 bridgehead atoms. The van der Waals surface area contributed by atoms with E-state index in [0.717, 1.165) is 6.26 Å². The highest BCUT2D eigenvalue weighted by Crippen LogP contribution is 2.06. The van der Waals surface area contributed by atoms with Gasteiger partial charge in [0.05, 0.1) is 6.26 Å². The fourth-order valence-electron chi connectivity index (χ4n) is 1.51. The number of nitrogens with zero attached hydrogens (tertiary/aromatic N) is 2. The number of carbonyl (C=O) groups excluding carboxylic acids is 2. The first-order chi connectivity index (χ1) is 8.21. The van der Waals surface area contributed by atoms with Gasteiger partial charge in [-0.15, -0.1) is 11.6 Å². The minimum atomic E-state index is -3.22. The van der Waals surface area contributed by atoms with Gasteiger partial charge in [0.25, 0.3) is 0 Å². The molecular formula is C9H16ClN3O4S. The summed E-state index contributed by atoms with van der Waals surface area (Å²) in [5, 5.41) is 1.36. The Morgan fingerprint density at radius 1 is 1.22 bits per heavy atom. The van der Waals surface area contributed by atoms with E-state index in [4.69, 9.17) is 11.6 Å². The molecule has 0 aromatic carbocycles. The summed E-state index contributed by atoms with van der Waals surface area (Å²) < 4.78 is 23.8. The van der Waals surface area contributed by atoms with E-state index in [1.54, 1.807) is 0 Å². The van der Waals surface area contributed by atoms with Crippen LogP contribution in [0.15, 0.2) is 0 Å². The number of halogens is 1. The summed E-state index contributed by atoms with van der Waals surface area (Å²) in [6.07, 6.45) is 1.13. The van der Waals surface area contributed by atoms with Gasteiger partial charge in [-0.1, -0.05) is 0 Å². The molecule has 0 spiro atoms. The van der Waals surface area contributed by atoms with Gasteiger partial charge in [0.15, 0.2) is 0 Å². The van der Waals surface area contributed by atoms with Gasteiger partial charge in [0, 0.05) is 26.2 Å². The molecule has 3 amide bonds. The molecule has 1 atom stereocenters. The molecule has 1 unspecified atom stereocenters. The second-order valence-electron chi connectivity index (χ2n) is 4.06. The average molecular weight is 298 g/mol. The molecule has 1 rings (SSSR count). The van der Waals surface area contributed by atoms with Crippen molar-refractivity contribution in [2.75, 3.05) is 32.4 Å². The molecule has 9 heteroatoms. The minimum Gasteiger partial charge on any atom is -0.322 e. The van der Waals surface area contributed by atoms with Gasteiger partial charge in [0.2, 0.25) is 15.9 Å². The molecule has 0 aromatic heterocycles. The first-order valence-corrected chi connectivity index (χ1v) is 7.69. The van der Waals surface area contributed by atoms with E-state index in [9.17, 15) is 18.0 Å². The Morgan fingerprint density at radius 2 is 1.72 bits per heavy atom. The predicted octanol–water partition coefficient (Wildman–Crippen LogP) is -0.573. The van der Waals surface area contributed by atoms with E-state index in [1.807, 2.05) is 0 Å². The summed E-state index contributed by atoms with van der Waals surface area (Å²) in [5.74, 6) is -0.563. The maximum absolute atomic E-state index is 11.6. The van der Waals surface area contributed by atoms with E-state index in [0.29, 0.717) is 0 Å². The number of carbonyl (C=O) groups is 2. The zero-order valence-corrected chi connectivity index (χ0v) is 11.8. The van der Waals surface area contributed by atoms with Crippen LogP contribution in [0.1, 0.15) is 6.92 Å². The van der Waals surface area contributed by atoms with Gasteiger partial charge in [-0.25, -0.2) is 13.2 Å². The van der Waals surface area contributed by atoms with Crippen LogP contribution in [0.25, 0.3) is 0 Å². The lowest BCUT2D eigenvalue weighted by atomic mass is 10.4. The SMILES string of the molecule is CC(Cl)C(=O)NC(=O)N1CCN(S(C)(=O)=O)CC1. The Kier molecular flexibility index (Phi) is 4.94. The number of hydrogen-bond donors (Lipinski definition) is 1. The molecule has 1 heterocycles. The largest absolute Gasteiger partial charge is 0.324 e. The molecule has 0 radical (unpaired) electrons. The zero-order valence-electron chi connectivity index (χ0n) is 10.2. The number of rotatable bonds is 2. The summed E-state index contributed by atoms with van der Waals surface area (Å²) in [4.78, 5) is 24.2. The van der Waals surface area contributed by atoms with Gasteiger partial charge in [-0.3, -0.25) is 10.1 Å². The van der Waals surface area contributed by atoms with Crippen molar-refractivity contribution in [1.82, 2.24) is 14.5 Å². The highest BCUT2D eigenvalue weighted by molar-refractivity contribution is 7.88. The third-order valence-electron chi connectivity index (χ3n) is 2.59. The van der Waals surface area contributed by atoms with E-state index in [-0.39, 0.29) is 26.2 Å². The Hall–Kier alpha value is -0.860. The summed E-state index contributed by atoms with van der Waals surface area (Å²) in [6, 6.07) is -0.541. The summed E-state index contributed by atoms with van der Waals surface area (Å²) in [7, 11) is -3.22. The molecule has 1 aliphatic rings. The molecule has 0 aliphatic carbocycles. The van der Waals surface area contributed by atoms with Crippen LogP contribution in [-0.2, 0) is 14.8 Å². The van der Waals surface area contributed by atoms with Crippen LogP contribution >= 0.6 is 11.6 Å². The number of sulfonamides is 1. The van der Waals surface area contributed by atoms with Gasteiger partial charge < -0.3 is 4.90 Å². The second-order valence-corrected chi connectivity index (χ2v) is 6.70. The van der Waals surface area contributed by atoms with Crippen molar-refractivity contribution in [3.05, 3.63) is 0 Å². The number of imide groups is 1. The normalized spacial score (nSPS) is 19.4. The summed E-state index contributed by atoms with van der Waals surface area (Å²) in [5.41, 5.74) is 0. The lowest BCUT2D eigenvalue weighted by Gasteiger charge is -2.33. The molecule has 1 fully saturated rings. The molecule has 7 nitrogen and oxygen atoms in total. The van der Waals surface area contributed by atoms with Crippen molar-refractivity contribution in [3.8, 4) is 0 Å². The van der Waals surface area contributed by atoms with Crippen LogP contribution in [0.2, 0.25) is 0 Å². The fraction of sp³-hybridized carbons (Fsp3) is 0.778. The van der Waals surface area contributed by atoms with Gasteiger partial charge >= 0.3 is 6.03 Å². The Morgan fingerprint density at radius 3 is 2.11 bits per heavy atom. The maximum atomic E-state index is 11.6. The third-order valence-corrected chi connectivity index (χ3v) is 4.09. The lowest BCUT2D eigenvalue weighted by molar-refractivity contribution is -0.119. The van der Waals surface area contributed by atoms with Crippen LogP contribution in [-0.4, -0.2) is 67.4 Å². The number of amides is 3. The van der Waals surface area contributed by atoms with Crippen molar-refractivity contribution in [2.45, 2.75) is 12.3 Å². The van der Waals surface area contributed by atoms with Gasteiger partial charge in [-0.2, -0.15) is 4.31 Å². The van der Waals surface area contributed by atoms with Crippen LogP contribution < -0.4 is 5.32 Å². The molecule has 1 N–H and O–H groups in total. The molecule has 18 heavy (non-hydrogen) atoms. The van der Waals surface area contributed by atoms with Crippen molar-refractivity contribution in [3.63, 3.8) is 0 Å². The number of alkyl halides is 1. The number of hydrogen-bond acceptors (Lipinski definition) is 4. The molecule has 0 aromatic rings. The molecular weight excluding hydrogens is 282 g/mol. The van der Waals surface area contributed by atoms with Crippen LogP contribution in [0.5, 0.6) is 0 Å². The predicted molar refractivity (Wildman–Crippen MR) is 66.8 cm³/mol. The first-order valence-electron chi connectivity index (χ1n) is 5.41. The number of piperazine rings is 1.